The number of nitrogens with zero attached hydrogens (tertiary/aromatic N) is 1. The van der Waals surface area contributed by atoms with Crippen molar-refractivity contribution in [2.45, 2.75) is 36.7 Å². The van der Waals surface area contributed by atoms with Crippen molar-refractivity contribution >= 4 is 11.8 Å². The van der Waals surface area contributed by atoms with Crippen molar-refractivity contribution in [2.24, 2.45) is 5.73 Å². The van der Waals surface area contributed by atoms with E-state index < -0.39 is 0 Å². The molecule has 3 heteroatoms. The maximum Gasteiger partial charge on any atom is 0.101 e. The fourth-order valence-corrected chi connectivity index (χ4v) is 2.70. The van der Waals surface area contributed by atoms with E-state index in [-0.39, 0.29) is 6.04 Å². The first kappa shape index (κ1) is 13.1. The molecule has 0 aliphatic heterocycles. The first-order valence-corrected chi connectivity index (χ1v) is 6.84. The van der Waals surface area contributed by atoms with E-state index in [0.717, 1.165) is 10.6 Å². The van der Waals surface area contributed by atoms with Gasteiger partial charge in [0.1, 0.15) is 5.03 Å². The molecule has 1 aromatic heterocycles. The van der Waals surface area contributed by atoms with Gasteiger partial charge in [0.2, 0.25) is 0 Å². The van der Waals surface area contributed by atoms with Crippen molar-refractivity contribution in [2.75, 3.05) is 0 Å². The highest BCUT2D eigenvalue weighted by atomic mass is 32.2. The summed E-state index contributed by atoms with van der Waals surface area (Å²) < 4.78 is 0. The molecular weight excluding hydrogens is 240 g/mol. The molecule has 0 saturated heterocycles. The third kappa shape index (κ3) is 3.12. The van der Waals surface area contributed by atoms with Crippen LogP contribution in [0.3, 0.4) is 0 Å². The first-order chi connectivity index (χ1) is 8.56. The molecule has 18 heavy (non-hydrogen) atoms. The molecule has 0 bridgehead atoms. The number of rotatable bonds is 3. The molecule has 0 aliphatic rings. The Balaban J connectivity index is 2.28. The number of benzene rings is 1. The summed E-state index contributed by atoms with van der Waals surface area (Å²) in [6.07, 6.45) is 1.83. The van der Waals surface area contributed by atoms with E-state index in [1.807, 2.05) is 19.2 Å². The summed E-state index contributed by atoms with van der Waals surface area (Å²) >= 11 is 1.69. The van der Waals surface area contributed by atoms with Crippen molar-refractivity contribution in [3.8, 4) is 0 Å². The molecule has 0 amide bonds. The Bertz CT molecular complexity index is 550. The van der Waals surface area contributed by atoms with E-state index in [0.29, 0.717) is 0 Å². The molecule has 0 fully saturated rings. The molecule has 1 aromatic carbocycles. The Morgan fingerprint density at radius 3 is 2.67 bits per heavy atom. The molecule has 0 spiro atoms. The second-order valence-corrected chi connectivity index (χ2v) is 5.65. The van der Waals surface area contributed by atoms with Crippen LogP contribution in [0.4, 0.5) is 0 Å². The van der Waals surface area contributed by atoms with Gasteiger partial charge < -0.3 is 5.73 Å². The van der Waals surface area contributed by atoms with E-state index in [2.05, 4.69) is 43.1 Å². The summed E-state index contributed by atoms with van der Waals surface area (Å²) in [6.45, 7) is 6.22. The Labute approximate surface area is 113 Å². The van der Waals surface area contributed by atoms with Gasteiger partial charge in [0.15, 0.2) is 0 Å². The molecule has 94 valence electrons. The van der Waals surface area contributed by atoms with E-state index in [1.165, 1.54) is 16.0 Å². The molecule has 2 aromatic rings. The van der Waals surface area contributed by atoms with Crippen LogP contribution in [0, 0.1) is 13.8 Å². The van der Waals surface area contributed by atoms with Crippen LogP contribution < -0.4 is 5.73 Å². The molecule has 1 heterocycles. The average Bonchev–Trinajstić information content (AvgIpc) is 2.34. The van der Waals surface area contributed by atoms with Crippen LogP contribution in [0.25, 0.3) is 0 Å². The van der Waals surface area contributed by atoms with Crippen LogP contribution in [0.1, 0.15) is 29.7 Å². The minimum atomic E-state index is 0.0472. The molecule has 2 rings (SSSR count). The zero-order valence-electron chi connectivity index (χ0n) is 11.0. The van der Waals surface area contributed by atoms with Crippen molar-refractivity contribution in [1.29, 1.82) is 0 Å². The molecule has 1 atom stereocenters. The monoisotopic (exact) mass is 258 g/mol. The normalized spacial score (nSPS) is 12.4. The predicted octanol–water partition coefficient (Wildman–Crippen LogP) is 3.87. The lowest BCUT2D eigenvalue weighted by atomic mass is 10.1. The average molecular weight is 258 g/mol. The van der Waals surface area contributed by atoms with Crippen LogP contribution in [0.2, 0.25) is 0 Å². The fourth-order valence-electron chi connectivity index (χ4n) is 1.69. The van der Waals surface area contributed by atoms with E-state index in [9.17, 15) is 0 Å². The van der Waals surface area contributed by atoms with Gasteiger partial charge in [-0.3, -0.25) is 0 Å². The van der Waals surface area contributed by atoms with Gasteiger partial charge in [0.05, 0.1) is 0 Å². The second-order valence-electron chi connectivity index (χ2n) is 4.59. The molecule has 0 aliphatic carbocycles. The number of nitrogens with two attached hydrogens (primary N) is 1. The van der Waals surface area contributed by atoms with E-state index >= 15 is 0 Å². The van der Waals surface area contributed by atoms with E-state index in [4.69, 9.17) is 5.73 Å². The van der Waals surface area contributed by atoms with Crippen molar-refractivity contribution < 1.29 is 0 Å². The summed E-state index contributed by atoms with van der Waals surface area (Å²) in [6, 6.07) is 10.6. The summed E-state index contributed by atoms with van der Waals surface area (Å²) in [5, 5.41) is 0.999. The topological polar surface area (TPSA) is 38.9 Å². The fraction of sp³-hybridized carbons (Fsp3) is 0.267. The summed E-state index contributed by atoms with van der Waals surface area (Å²) in [5.74, 6) is 0. The van der Waals surface area contributed by atoms with Crippen molar-refractivity contribution in [3.63, 3.8) is 0 Å². The van der Waals surface area contributed by atoms with Gasteiger partial charge in [0.25, 0.3) is 0 Å². The minimum Gasteiger partial charge on any atom is -0.324 e. The van der Waals surface area contributed by atoms with Gasteiger partial charge in [-0.1, -0.05) is 23.9 Å². The molecule has 2 N–H and O–H groups in total. The SMILES string of the molecule is Cc1ccc(C)c(Sc2cc([C@H](C)N)ccn2)c1. The molecular formula is C15H18N2S. The number of hydrogen-bond donors (Lipinski definition) is 1. The highest BCUT2D eigenvalue weighted by Crippen LogP contribution is 2.30. The Morgan fingerprint density at radius 2 is 1.94 bits per heavy atom. The smallest absolute Gasteiger partial charge is 0.101 e. The zero-order chi connectivity index (χ0) is 13.1. The van der Waals surface area contributed by atoms with Gasteiger partial charge in [-0.15, -0.1) is 0 Å². The minimum absolute atomic E-state index is 0.0472. The standard InChI is InChI=1S/C15H18N2S/c1-10-4-5-11(2)14(8-10)18-15-9-13(12(3)16)6-7-17-15/h4-9,12H,16H2,1-3H3/t12-/m0/s1. The lowest BCUT2D eigenvalue weighted by Crippen LogP contribution is -2.04. The number of aryl methyl sites for hydroxylation is 2. The zero-order valence-corrected chi connectivity index (χ0v) is 11.8. The third-order valence-electron chi connectivity index (χ3n) is 2.84. The summed E-state index contributed by atoms with van der Waals surface area (Å²) in [7, 11) is 0. The van der Waals surface area contributed by atoms with Gasteiger partial charge in [-0.25, -0.2) is 4.98 Å². The van der Waals surface area contributed by atoms with E-state index in [1.54, 1.807) is 11.8 Å². The van der Waals surface area contributed by atoms with Gasteiger partial charge >= 0.3 is 0 Å². The highest BCUT2D eigenvalue weighted by molar-refractivity contribution is 7.99. The van der Waals surface area contributed by atoms with Crippen LogP contribution in [-0.2, 0) is 0 Å². The Hall–Kier alpha value is -1.32. The number of hydrogen-bond acceptors (Lipinski definition) is 3. The summed E-state index contributed by atoms with van der Waals surface area (Å²) in [4.78, 5) is 5.65. The van der Waals surface area contributed by atoms with Crippen molar-refractivity contribution in [3.05, 3.63) is 53.2 Å². The highest BCUT2D eigenvalue weighted by Gasteiger charge is 2.05. The lowest BCUT2D eigenvalue weighted by molar-refractivity contribution is 0.808. The van der Waals surface area contributed by atoms with Gasteiger partial charge in [-0.05, 0) is 55.7 Å². The predicted molar refractivity (Wildman–Crippen MR) is 76.9 cm³/mol. The number of aromatic nitrogens is 1. The van der Waals surface area contributed by atoms with Crippen molar-refractivity contribution in [1.82, 2.24) is 4.98 Å². The number of pyridine rings is 1. The van der Waals surface area contributed by atoms with Crippen LogP contribution in [-0.4, -0.2) is 4.98 Å². The van der Waals surface area contributed by atoms with Crippen LogP contribution in [0.5, 0.6) is 0 Å². The van der Waals surface area contributed by atoms with Crippen LogP contribution >= 0.6 is 11.8 Å². The molecule has 0 saturated carbocycles. The lowest BCUT2D eigenvalue weighted by Gasteiger charge is -2.09. The maximum absolute atomic E-state index is 5.89. The quantitative estimate of drug-likeness (QED) is 0.908. The first-order valence-electron chi connectivity index (χ1n) is 6.03. The Kier molecular flexibility index (Phi) is 4.04. The maximum atomic E-state index is 5.89. The molecule has 0 unspecified atom stereocenters. The van der Waals surface area contributed by atoms with Gasteiger partial charge in [0, 0.05) is 17.1 Å². The summed E-state index contributed by atoms with van der Waals surface area (Å²) in [5.41, 5.74) is 9.56. The molecule has 0 radical (unpaired) electrons. The Morgan fingerprint density at radius 1 is 1.17 bits per heavy atom. The third-order valence-corrected chi connectivity index (χ3v) is 3.93. The van der Waals surface area contributed by atoms with Gasteiger partial charge in [-0.2, -0.15) is 0 Å². The largest absolute Gasteiger partial charge is 0.324 e. The van der Waals surface area contributed by atoms with Crippen LogP contribution in [0.15, 0.2) is 46.5 Å². The second kappa shape index (κ2) is 5.55. The molecule has 2 nitrogen and oxygen atoms in total.